The largest absolute Gasteiger partial charge is 0.353 e. The fraction of sp³-hybridized carbons (Fsp3) is 0.105. The second-order valence-electron chi connectivity index (χ2n) is 5.88. The number of Topliss-reactive ketones (excluding diaryl/α,β-unsaturated/α-hetero) is 1. The molecule has 0 saturated carbocycles. The van der Waals surface area contributed by atoms with Crippen molar-refractivity contribution in [2.45, 2.75) is 13.8 Å². The zero-order valence-corrected chi connectivity index (χ0v) is 14.8. The molecule has 2 N–H and O–H groups in total. The molecule has 0 saturated heterocycles. The van der Waals surface area contributed by atoms with Crippen molar-refractivity contribution in [3.05, 3.63) is 76.1 Å². The summed E-state index contributed by atoms with van der Waals surface area (Å²) in [4.78, 5) is 30.5. The number of aromatic nitrogens is 2. The van der Waals surface area contributed by atoms with Gasteiger partial charge in [0, 0.05) is 16.9 Å². The summed E-state index contributed by atoms with van der Waals surface area (Å²) in [5, 5.41) is 17.6. The van der Waals surface area contributed by atoms with Crippen LogP contribution < -0.4 is 10.6 Å². The Bertz CT molecular complexity index is 1000. The summed E-state index contributed by atoms with van der Waals surface area (Å²) in [6.45, 7) is 3.37. The van der Waals surface area contributed by atoms with Crippen LogP contribution in [0.15, 0.2) is 54.9 Å². The lowest BCUT2D eigenvalue weighted by Gasteiger charge is -2.11. The molecule has 0 aliphatic heterocycles. The van der Waals surface area contributed by atoms with E-state index in [1.54, 1.807) is 24.3 Å². The van der Waals surface area contributed by atoms with Crippen LogP contribution in [-0.2, 0) is 0 Å². The number of hydrogen-bond acceptors (Lipinski definition) is 7. The van der Waals surface area contributed by atoms with E-state index < -0.39 is 4.92 Å². The van der Waals surface area contributed by atoms with Crippen LogP contribution in [-0.4, -0.2) is 20.7 Å². The third-order valence-corrected chi connectivity index (χ3v) is 3.96. The number of rotatable bonds is 6. The highest BCUT2D eigenvalue weighted by Gasteiger charge is 2.23. The summed E-state index contributed by atoms with van der Waals surface area (Å²) in [5.74, 6) is 0.0908. The molecule has 136 valence electrons. The minimum atomic E-state index is -0.535. The van der Waals surface area contributed by atoms with Crippen molar-refractivity contribution in [2.75, 3.05) is 10.6 Å². The molecule has 8 heteroatoms. The van der Waals surface area contributed by atoms with Crippen molar-refractivity contribution in [3.8, 4) is 0 Å². The average molecular weight is 363 g/mol. The van der Waals surface area contributed by atoms with Gasteiger partial charge in [0.15, 0.2) is 5.78 Å². The van der Waals surface area contributed by atoms with Gasteiger partial charge in [-0.1, -0.05) is 18.2 Å². The van der Waals surface area contributed by atoms with Gasteiger partial charge in [0.1, 0.15) is 6.33 Å². The first-order chi connectivity index (χ1) is 13.0. The first kappa shape index (κ1) is 18.0. The molecule has 1 heterocycles. The van der Waals surface area contributed by atoms with E-state index in [0.29, 0.717) is 11.3 Å². The maximum atomic E-state index is 11.7. The Morgan fingerprint density at radius 2 is 1.63 bits per heavy atom. The van der Waals surface area contributed by atoms with Crippen LogP contribution in [0.3, 0.4) is 0 Å². The lowest BCUT2D eigenvalue weighted by molar-refractivity contribution is -0.383. The maximum Gasteiger partial charge on any atom is 0.353 e. The van der Waals surface area contributed by atoms with E-state index in [9.17, 15) is 14.9 Å². The number of para-hydroxylation sites is 1. The molecule has 0 fully saturated rings. The molecular weight excluding hydrogens is 346 g/mol. The predicted molar refractivity (Wildman–Crippen MR) is 103 cm³/mol. The number of carbonyl (C=O) groups excluding carboxylic acids is 1. The van der Waals surface area contributed by atoms with Gasteiger partial charge in [0.05, 0.1) is 4.92 Å². The summed E-state index contributed by atoms with van der Waals surface area (Å²) in [6.07, 6.45) is 1.25. The van der Waals surface area contributed by atoms with Crippen molar-refractivity contribution < 1.29 is 9.72 Å². The summed E-state index contributed by atoms with van der Waals surface area (Å²) in [6, 6.07) is 14.0. The number of nitro groups is 1. The standard InChI is InChI=1S/C19H17N5O3/c1-12-5-3-4-6-16(12)23-19-17(24(26)27)18(20-11-21-19)22-15-9-7-14(8-10-15)13(2)25/h3-11H,1-2H3,(H2,20,21,22,23). The Balaban J connectivity index is 1.95. The van der Waals surface area contributed by atoms with Crippen LogP contribution in [0.25, 0.3) is 0 Å². The molecule has 0 bridgehead atoms. The molecule has 1 aromatic heterocycles. The fourth-order valence-corrected chi connectivity index (χ4v) is 2.50. The molecule has 0 aliphatic rings. The molecule has 2 aromatic carbocycles. The first-order valence-corrected chi connectivity index (χ1v) is 8.16. The SMILES string of the molecule is CC(=O)c1ccc(Nc2ncnc(Nc3ccccc3C)c2[N+](=O)[O-])cc1. The molecule has 0 amide bonds. The Morgan fingerprint density at radius 1 is 1.00 bits per heavy atom. The van der Waals surface area contributed by atoms with Crippen molar-refractivity contribution in [3.63, 3.8) is 0 Å². The van der Waals surface area contributed by atoms with Crippen molar-refractivity contribution in [2.24, 2.45) is 0 Å². The third-order valence-electron chi connectivity index (χ3n) is 3.96. The van der Waals surface area contributed by atoms with Gasteiger partial charge in [-0.3, -0.25) is 14.9 Å². The molecule has 0 unspecified atom stereocenters. The van der Waals surface area contributed by atoms with Crippen molar-refractivity contribution >= 4 is 34.5 Å². The number of nitrogens with one attached hydrogen (secondary N) is 2. The summed E-state index contributed by atoms with van der Waals surface area (Å²) in [7, 11) is 0. The van der Waals surface area contributed by atoms with E-state index >= 15 is 0 Å². The van der Waals surface area contributed by atoms with Crippen LogP contribution in [0.1, 0.15) is 22.8 Å². The van der Waals surface area contributed by atoms with E-state index in [1.807, 2.05) is 31.2 Å². The number of carbonyl (C=O) groups is 1. The quantitative estimate of drug-likeness (QED) is 0.380. The number of benzene rings is 2. The van der Waals surface area contributed by atoms with Gasteiger partial charge < -0.3 is 10.6 Å². The predicted octanol–water partition coefficient (Wildman–Crippen LogP) is 4.38. The Labute approximate surface area is 155 Å². The van der Waals surface area contributed by atoms with Crippen LogP contribution in [0.5, 0.6) is 0 Å². The van der Waals surface area contributed by atoms with Crippen molar-refractivity contribution in [1.29, 1.82) is 0 Å². The van der Waals surface area contributed by atoms with Crippen LogP contribution >= 0.6 is 0 Å². The second-order valence-corrected chi connectivity index (χ2v) is 5.88. The highest BCUT2D eigenvalue weighted by molar-refractivity contribution is 5.94. The molecule has 8 nitrogen and oxygen atoms in total. The molecule has 3 rings (SSSR count). The number of nitrogens with zero attached hydrogens (tertiary/aromatic N) is 3. The zero-order valence-electron chi connectivity index (χ0n) is 14.8. The van der Waals surface area contributed by atoms with Gasteiger partial charge in [0.2, 0.25) is 11.6 Å². The van der Waals surface area contributed by atoms with E-state index in [2.05, 4.69) is 20.6 Å². The fourth-order valence-electron chi connectivity index (χ4n) is 2.50. The Kier molecular flexibility index (Phi) is 5.07. The second kappa shape index (κ2) is 7.61. The normalized spacial score (nSPS) is 10.3. The van der Waals surface area contributed by atoms with Gasteiger partial charge in [0.25, 0.3) is 0 Å². The Morgan fingerprint density at radius 3 is 2.22 bits per heavy atom. The van der Waals surface area contributed by atoms with E-state index in [-0.39, 0.29) is 23.1 Å². The molecule has 3 aromatic rings. The van der Waals surface area contributed by atoms with Gasteiger partial charge in [-0.15, -0.1) is 0 Å². The van der Waals surface area contributed by atoms with Crippen LogP contribution in [0, 0.1) is 17.0 Å². The highest BCUT2D eigenvalue weighted by atomic mass is 16.6. The molecule has 27 heavy (non-hydrogen) atoms. The molecular formula is C19H17N5O3. The smallest absolute Gasteiger partial charge is 0.334 e. The maximum absolute atomic E-state index is 11.7. The summed E-state index contributed by atoms with van der Waals surface area (Å²) < 4.78 is 0. The van der Waals surface area contributed by atoms with Gasteiger partial charge in [-0.25, -0.2) is 9.97 Å². The minimum absolute atomic E-state index is 0.0562. The topological polar surface area (TPSA) is 110 Å². The van der Waals surface area contributed by atoms with E-state index in [4.69, 9.17) is 0 Å². The van der Waals surface area contributed by atoms with Gasteiger partial charge in [-0.05, 0) is 49.7 Å². The van der Waals surface area contributed by atoms with Crippen molar-refractivity contribution in [1.82, 2.24) is 9.97 Å². The monoisotopic (exact) mass is 363 g/mol. The van der Waals surface area contributed by atoms with Crippen LogP contribution in [0.4, 0.5) is 28.7 Å². The van der Waals surface area contributed by atoms with E-state index in [1.165, 1.54) is 13.3 Å². The summed E-state index contributed by atoms with van der Waals surface area (Å²) in [5.41, 5.74) is 2.51. The Hall–Kier alpha value is -3.81. The molecule has 0 spiro atoms. The lowest BCUT2D eigenvalue weighted by Crippen LogP contribution is -2.06. The molecule has 0 atom stereocenters. The number of hydrogen-bond donors (Lipinski definition) is 2. The lowest BCUT2D eigenvalue weighted by atomic mass is 10.1. The summed E-state index contributed by atoms with van der Waals surface area (Å²) >= 11 is 0. The van der Waals surface area contributed by atoms with E-state index in [0.717, 1.165) is 11.3 Å². The zero-order chi connectivity index (χ0) is 19.4. The van der Waals surface area contributed by atoms with Gasteiger partial charge >= 0.3 is 5.69 Å². The number of anilines is 4. The van der Waals surface area contributed by atoms with Gasteiger partial charge in [-0.2, -0.15) is 0 Å². The molecule has 0 aliphatic carbocycles. The average Bonchev–Trinajstić information content (AvgIpc) is 2.64. The third kappa shape index (κ3) is 4.06. The molecule has 0 radical (unpaired) electrons. The van der Waals surface area contributed by atoms with Crippen LogP contribution in [0.2, 0.25) is 0 Å². The number of ketones is 1. The highest BCUT2D eigenvalue weighted by Crippen LogP contribution is 2.33. The minimum Gasteiger partial charge on any atom is -0.334 e. The number of aryl methyl sites for hydroxylation is 1. The first-order valence-electron chi connectivity index (χ1n) is 8.16.